The van der Waals surface area contributed by atoms with Crippen molar-refractivity contribution >= 4 is 29.2 Å². The number of aryl methyl sites for hydroxylation is 1. The number of aromatic nitrogens is 2. The molecule has 0 radical (unpaired) electrons. The predicted octanol–water partition coefficient (Wildman–Crippen LogP) is 2.96. The van der Waals surface area contributed by atoms with Gasteiger partial charge >= 0.3 is 5.97 Å². The van der Waals surface area contributed by atoms with E-state index in [1.54, 1.807) is 6.92 Å². The van der Waals surface area contributed by atoms with Gasteiger partial charge in [-0.1, -0.05) is 28.4 Å². The average Bonchev–Trinajstić information content (AvgIpc) is 2.73. The summed E-state index contributed by atoms with van der Waals surface area (Å²) < 4.78 is 10.1. The highest BCUT2D eigenvalue weighted by atomic mass is 35.5. The Morgan fingerprint density at radius 3 is 2.79 bits per heavy atom. The molecular weight excluding hydrogens is 295 g/mol. The lowest BCUT2D eigenvalue weighted by Gasteiger charge is -2.09. The lowest BCUT2D eigenvalue weighted by molar-refractivity contribution is 0.0691. The Morgan fingerprint density at radius 2 is 2.21 bits per heavy atom. The van der Waals surface area contributed by atoms with Gasteiger partial charge in [0.15, 0.2) is 12.4 Å². The number of carbonyl (C=O) groups is 1. The van der Waals surface area contributed by atoms with Gasteiger partial charge in [0, 0.05) is 11.9 Å². The summed E-state index contributed by atoms with van der Waals surface area (Å²) in [5, 5.41) is 13.0. The van der Waals surface area contributed by atoms with Gasteiger partial charge in [-0.3, -0.25) is 0 Å². The molecule has 0 fully saturated rings. The van der Waals surface area contributed by atoms with Crippen LogP contribution in [0.2, 0.25) is 10.0 Å². The molecule has 0 bridgehead atoms. The number of hydrogen-bond acceptors (Lipinski definition) is 5. The third-order valence-corrected chi connectivity index (χ3v) is 2.65. The Hall–Kier alpha value is -1.79. The highest BCUT2D eigenvalue weighted by molar-refractivity contribution is 6.36. The minimum atomic E-state index is -1.19. The third kappa shape index (κ3) is 3.15. The van der Waals surface area contributed by atoms with E-state index in [9.17, 15) is 4.79 Å². The molecule has 0 saturated carbocycles. The molecular formula is C11H8Cl2N2O4. The number of hydrogen-bond donors (Lipinski definition) is 1. The fraction of sp³-hybridized carbons (Fsp3) is 0.182. The maximum atomic E-state index is 11.1. The Kier molecular flexibility index (Phi) is 3.92. The van der Waals surface area contributed by atoms with Gasteiger partial charge in [-0.15, -0.1) is 0 Å². The largest absolute Gasteiger partial charge is 0.483 e. The highest BCUT2D eigenvalue weighted by Gasteiger charge is 2.17. The maximum absolute atomic E-state index is 11.1. The van der Waals surface area contributed by atoms with Gasteiger partial charge in [-0.05, 0) is 12.1 Å². The van der Waals surface area contributed by atoms with Crippen molar-refractivity contribution in [1.82, 2.24) is 10.1 Å². The standard InChI is InChI=1S/C11H8Cl2N2O4/c1-5-14-9(15-19-5)4-18-10-7(11(16)17)2-6(12)3-8(10)13/h2-3H,4H2,1H3,(H,16,17). The van der Waals surface area contributed by atoms with E-state index in [0.29, 0.717) is 11.7 Å². The molecule has 100 valence electrons. The Labute approximate surface area is 117 Å². The number of carboxylic acids is 1. The van der Waals surface area contributed by atoms with E-state index >= 15 is 0 Å². The molecule has 0 amide bonds. The number of ether oxygens (including phenoxy) is 1. The first kappa shape index (κ1) is 13.6. The summed E-state index contributed by atoms with van der Waals surface area (Å²) in [6.45, 7) is 1.58. The van der Waals surface area contributed by atoms with Crippen molar-refractivity contribution in [2.24, 2.45) is 0 Å². The number of aromatic carboxylic acids is 1. The molecule has 1 heterocycles. The van der Waals surface area contributed by atoms with Crippen LogP contribution in [0.25, 0.3) is 0 Å². The van der Waals surface area contributed by atoms with E-state index in [4.69, 9.17) is 37.6 Å². The zero-order chi connectivity index (χ0) is 14.0. The van der Waals surface area contributed by atoms with Crippen LogP contribution in [-0.2, 0) is 6.61 Å². The first-order chi connectivity index (χ1) is 8.97. The van der Waals surface area contributed by atoms with E-state index in [2.05, 4.69) is 10.1 Å². The second-order valence-corrected chi connectivity index (χ2v) is 4.43. The molecule has 1 N–H and O–H groups in total. The van der Waals surface area contributed by atoms with Gasteiger partial charge in [0.1, 0.15) is 5.56 Å². The van der Waals surface area contributed by atoms with Gasteiger partial charge in [-0.2, -0.15) is 4.98 Å². The van der Waals surface area contributed by atoms with Gasteiger partial charge in [0.05, 0.1) is 5.02 Å². The van der Waals surface area contributed by atoms with Crippen LogP contribution in [-0.4, -0.2) is 21.2 Å². The van der Waals surface area contributed by atoms with E-state index in [0.717, 1.165) is 0 Å². The average molecular weight is 303 g/mol. The lowest BCUT2D eigenvalue weighted by Crippen LogP contribution is -2.05. The summed E-state index contributed by atoms with van der Waals surface area (Å²) in [5.74, 6) is -0.496. The van der Waals surface area contributed by atoms with E-state index in [1.807, 2.05) is 0 Å². The van der Waals surface area contributed by atoms with Crippen molar-refractivity contribution in [3.8, 4) is 5.75 Å². The number of rotatable bonds is 4. The van der Waals surface area contributed by atoms with Crippen LogP contribution in [0, 0.1) is 6.92 Å². The van der Waals surface area contributed by atoms with E-state index < -0.39 is 5.97 Å². The summed E-state index contributed by atoms with van der Waals surface area (Å²) in [6.07, 6.45) is 0. The van der Waals surface area contributed by atoms with Crippen LogP contribution in [0.1, 0.15) is 22.1 Å². The number of halogens is 2. The van der Waals surface area contributed by atoms with Gasteiger partial charge in [-0.25, -0.2) is 4.79 Å². The second kappa shape index (κ2) is 5.46. The van der Waals surface area contributed by atoms with E-state index in [-0.39, 0.29) is 28.0 Å². The van der Waals surface area contributed by atoms with Crippen LogP contribution >= 0.6 is 23.2 Å². The highest BCUT2D eigenvalue weighted by Crippen LogP contribution is 2.32. The normalized spacial score (nSPS) is 10.5. The monoisotopic (exact) mass is 302 g/mol. The topological polar surface area (TPSA) is 85.5 Å². The van der Waals surface area contributed by atoms with Crippen molar-refractivity contribution in [1.29, 1.82) is 0 Å². The van der Waals surface area contributed by atoms with E-state index in [1.165, 1.54) is 12.1 Å². The molecule has 0 spiro atoms. The third-order valence-electron chi connectivity index (χ3n) is 2.15. The minimum absolute atomic E-state index is 0.0148. The first-order valence-electron chi connectivity index (χ1n) is 5.11. The van der Waals surface area contributed by atoms with Crippen molar-refractivity contribution in [3.05, 3.63) is 39.5 Å². The molecule has 19 heavy (non-hydrogen) atoms. The summed E-state index contributed by atoms with van der Waals surface area (Å²) in [4.78, 5) is 15.0. The molecule has 6 nitrogen and oxygen atoms in total. The van der Waals surface area contributed by atoms with Crippen LogP contribution in [0.5, 0.6) is 5.75 Å². The van der Waals surface area contributed by atoms with Crippen LogP contribution in [0.4, 0.5) is 0 Å². The minimum Gasteiger partial charge on any atom is -0.483 e. The molecule has 1 aromatic heterocycles. The number of benzene rings is 1. The molecule has 0 aliphatic heterocycles. The molecule has 0 atom stereocenters. The fourth-order valence-electron chi connectivity index (χ4n) is 1.40. The van der Waals surface area contributed by atoms with Gasteiger partial charge < -0.3 is 14.4 Å². The molecule has 0 saturated heterocycles. The van der Waals surface area contributed by atoms with Gasteiger partial charge in [0.2, 0.25) is 11.7 Å². The van der Waals surface area contributed by atoms with Crippen molar-refractivity contribution in [3.63, 3.8) is 0 Å². The zero-order valence-corrected chi connectivity index (χ0v) is 11.2. The zero-order valence-electron chi connectivity index (χ0n) is 9.68. The SMILES string of the molecule is Cc1nc(COc2c(Cl)cc(Cl)cc2C(=O)O)no1. The molecule has 0 unspecified atom stereocenters. The number of carboxylic acid groups (broad SMARTS) is 1. The maximum Gasteiger partial charge on any atom is 0.339 e. The van der Waals surface area contributed by atoms with Crippen LogP contribution < -0.4 is 4.74 Å². The Morgan fingerprint density at radius 1 is 1.47 bits per heavy atom. The smallest absolute Gasteiger partial charge is 0.339 e. The summed E-state index contributed by atoms with van der Waals surface area (Å²) in [7, 11) is 0. The van der Waals surface area contributed by atoms with Crippen molar-refractivity contribution in [2.75, 3.05) is 0 Å². The van der Waals surface area contributed by atoms with Crippen LogP contribution in [0.15, 0.2) is 16.7 Å². The molecule has 0 aliphatic rings. The van der Waals surface area contributed by atoms with Crippen molar-refractivity contribution < 1.29 is 19.2 Å². The number of nitrogens with zero attached hydrogens (tertiary/aromatic N) is 2. The van der Waals surface area contributed by atoms with Crippen LogP contribution in [0.3, 0.4) is 0 Å². The second-order valence-electron chi connectivity index (χ2n) is 3.59. The quantitative estimate of drug-likeness (QED) is 0.934. The van der Waals surface area contributed by atoms with Gasteiger partial charge in [0.25, 0.3) is 0 Å². The Balaban J connectivity index is 2.26. The molecule has 2 aromatic rings. The Bertz CT molecular complexity index is 627. The summed E-state index contributed by atoms with van der Waals surface area (Å²) in [6, 6.07) is 2.65. The molecule has 1 aromatic carbocycles. The van der Waals surface area contributed by atoms with Crippen molar-refractivity contribution in [2.45, 2.75) is 13.5 Å². The predicted molar refractivity (Wildman–Crippen MR) is 66.8 cm³/mol. The molecule has 2 rings (SSSR count). The summed E-state index contributed by atoms with van der Waals surface area (Å²) in [5.41, 5.74) is -0.127. The molecule has 0 aliphatic carbocycles. The lowest BCUT2D eigenvalue weighted by atomic mass is 10.2. The fourth-order valence-corrected chi connectivity index (χ4v) is 1.95. The molecule has 8 heteroatoms. The summed E-state index contributed by atoms with van der Waals surface area (Å²) >= 11 is 11.7. The first-order valence-corrected chi connectivity index (χ1v) is 5.87.